The van der Waals surface area contributed by atoms with Gasteiger partial charge in [-0.1, -0.05) is 67.6 Å². The van der Waals surface area contributed by atoms with Crippen molar-refractivity contribution in [3.05, 3.63) is 78.2 Å². The molecule has 0 saturated carbocycles. The van der Waals surface area contributed by atoms with Gasteiger partial charge in [0.25, 0.3) is 0 Å². The zero-order valence-corrected chi connectivity index (χ0v) is 12.2. The second-order valence-corrected chi connectivity index (χ2v) is 4.84. The fraction of sp³-hybridized carbons (Fsp3) is 0.222. The molecule has 0 aliphatic carbocycles. The first kappa shape index (κ1) is 15.1. The highest BCUT2D eigenvalue weighted by atomic mass is 16.5. The highest BCUT2D eigenvalue weighted by molar-refractivity contribution is 5.67. The Kier molecular flexibility index (Phi) is 5.83. The predicted molar refractivity (Wildman–Crippen MR) is 83.7 cm³/mol. The molecule has 1 N–H and O–H groups in total. The van der Waals surface area contributed by atoms with Crippen LogP contribution in [0, 0.1) is 6.42 Å². The zero-order chi connectivity index (χ0) is 14.9. The summed E-state index contributed by atoms with van der Waals surface area (Å²) in [5.41, 5.74) is 2.16. The molecule has 21 heavy (non-hydrogen) atoms. The van der Waals surface area contributed by atoms with Crippen LogP contribution < -0.4 is 5.32 Å². The van der Waals surface area contributed by atoms with Crippen molar-refractivity contribution in [2.24, 2.45) is 0 Å². The lowest BCUT2D eigenvalue weighted by Crippen LogP contribution is -2.36. The molecule has 0 spiro atoms. The minimum atomic E-state index is -0.391. The number of hydrogen-bond acceptors (Lipinski definition) is 2. The maximum absolute atomic E-state index is 11.8. The van der Waals surface area contributed by atoms with Crippen LogP contribution in [0.2, 0.25) is 0 Å². The van der Waals surface area contributed by atoms with Crippen LogP contribution >= 0.6 is 0 Å². The average molecular weight is 282 g/mol. The first-order valence-electron chi connectivity index (χ1n) is 7.08. The van der Waals surface area contributed by atoms with Crippen molar-refractivity contribution in [2.45, 2.75) is 26.0 Å². The van der Waals surface area contributed by atoms with Crippen LogP contribution in [0.1, 0.15) is 18.1 Å². The summed E-state index contributed by atoms with van der Waals surface area (Å²) in [6.07, 6.45) is 2.34. The molecule has 1 unspecified atom stereocenters. The number of nitrogens with one attached hydrogen (secondary N) is 1. The van der Waals surface area contributed by atoms with Gasteiger partial charge < -0.3 is 10.1 Å². The highest BCUT2D eigenvalue weighted by Crippen LogP contribution is 2.06. The number of amides is 1. The number of carbonyl (C=O) groups is 1. The number of benzene rings is 2. The van der Waals surface area contributed by atoms with Crippen molar-refractivity contribution in [3.63, 3.8) is 0 Å². The molecule has 0 aromatic heterocycles. The Balaban J connectivity index is 1.80. The molecular formula is C18H20NO2. The van der Waals surface area contributed by atoms with E-state index in [1.165, 1.54) is 5.56 Å². The molecule has 0 heterocycles. The Labute approximate surface area is 126 Å². The molecule has 2 aromatic rings. The second-order valence-electron chi connectivity index (χ2n) is 4.84. The minimum absolute atomic E-state index is 0.0318. The summed E-state index contributed by atoms with van der Waals surface area (Å²) < 4.78 is 5.23. The molecule has 1 radical (unpaired) electrons. The van der Waals surface area contributed by atoms with Gasteiger partial charge in [0.2, 0.25) is 0 Å². The SMILES string of the molecule is C[CH]C(Cc1ccccc1)NC(=O)OCc1ccccc1. The van der Waals surface area contributed by atoms with Gasteiger partial charge in [0.05, 0.1) is 0 Å². The van der Waals surface area contributed by atoms with E-state index in [9.17, 15) is 4.79 Å². The molecular weight excluding hydrogens is 262 g/mol. The van der Waals surface area contributed by atoms with Crippen LogP contribution in [0.25, 0.3) is 0 Å². The maximum atomic E-state index is 11.8. The summed E-state index contributed by atoms with van der Waals surface area (Å²) in [7, 11) is 0. The van der Waals surface area contributed by atoms with Gasteiger partial charge in [-0.2, -0.15) is 0 Å². The Hall–Kier alpha value is -2.29. The topological polar surface area (TPSA) is 38.3 Å². The van der Waals surface area contributed by atoms with Gasteiger partial charge in [-0.3, -0.25) is 0 Å². The summed E-state index contributed by atoms with van der Waals surface area (Å²) >= 11 is 0. The molecule has 1 amide bonds. The third-order valence-corrected chi connectivity index (χ3v) is 3.22. The van der Waals surface area contributed by atoms with Gasteiger partial charge in [0.1, 0.15) is 6.61 Å². The predicted octanol–water partition coefficient (Wildman–Crippen LogP) is 3.75. The van der Waals surface area contributed by atoms with Crippen LogP contribution in [0.3, 0.4) is 0 Å². The normalized spacial score (nSPS) is 11.7. The smallest absolute Gasteiger partial charge is 0.407 e. The molecule has 0 aliphatic rings. The van der Waals surface area contributed by atoms with Gasteiger partial charge in [-0.05, 0) is 24.0 Å². The zero-order valence-electron chi connectivity index (χ0n) is 12.2. The fourth-order valence-corrected chi connectivity index (χ4v) is 2.04. The Morgan fingerprint density at radius 3 is 2.19 bits per heavy atom. The summed E-state index contributed by atoms with van der Waals surface area (Å²) in [6, 6.07) is 19.7. The van der Waals surface area contributed by atoms with Crippen molar-refractivity contribution < 1.29 is 9.53 Å². The van der Waals surface area contributed by atoms with Crippen LogP contribution in [0.4, 0.5) is 4.79 Å². The number of alkyl carbamates (subject to hydrolysis) is 1. The van der Waals surface area contributed by atoms with Crippen LogP contribution in [-0.2, 0) is 17.8 Å². The Morgan fingerprint density at radius 1 is 1.05 bits per heavy atom. The van der Waals surface area contributed by atoms with Crippen LogP contribution in [-0.4, -0.2) is 12.1 Å². The largest absolute Gasteiger partial charge is 0.445 e. The van der Waals surface area contributed by atoms with E-state index in [1.807, 2.05) is 74.0 Å². The van der Waals surface area contributed by atoms with E-state index in [0.717, 1.165) is 12.0 Å². The van der Waals surface area contributed by atoms with E-state index < -0.39 is 6.09 Å². The number of hydrogen-bond donors (Lipinski definition) is 1. The molecule has 3 nitrogen and oxygen atoms in total. The quantitative estimate of drug-likeness (QED) is 0.876. The maximum Gasteiger partial charge on any atom is 0.407 e. The number of rotatable bonds is 6. The van der Waals surface area contributed by atoms with Gasteiger partial charge in [0.15, 0.2) is 0 Å². The molecule has 0 fully saturated rings. The van der Waals surface area contributed by atoms with Crippen molar-refractivity contribution >= 4 is 6.09 Å². The summed E-state index contributed by atoms with van der Waals surface area (Å²) in [6.45, 7) is 2.22. The Morgan fingerprint density at radius 2 is 1.62 bits per heavy atom. The molecule has 0 bridgehead atoms. The van der Waals surface area contributed by atoms with Gasteiger partial charge in [0, 0.05) is 6.04 Å². The summed E-state index contributed by atoms with van der Waals surface area (Å²) in [5, 5.41) is 2.87. The molecule has 3 heteroatoms. The third kappa shape index (κ3) is 5.30. The van der Waals surface area contributed by atoms with Gasteiger partial charge in [-0.25, -0.2) is 4.79 Å². The Bertz CT molecular complexity index is 540. The van der Waals surface area contributed by atoms with Crippen LogP contribution in [0.5, 0.6) is 0 Å². The van der Waals surface area contributed by atoms with E-state index >= 15 is 0 Å². The third-order valence-electron chi connectivity index (χ3n) is 3.22. The first-order chi connectivity index (χ1) is 10.3. The number of ether oxygens (including phenoxy) is 1. The lowest BCUT2D eigenvalue weighted by molar-refractivity contribution is 0.137. The standard InChI is InChI=1S/C18H20NO2/c1-2-17(13-15-9-5-3-6-10-15)19-18(20)21-14-16-11-7-4-8-12-16/h2-12,17H,13-14H2,1H3,(H,19,20). The van der Waals surface area contributed by atoms with Crippen molar-refractivity contribution in [3.8, 4) is 0 Å². The molecule has 0 aliphatic heterocycles. The lowest BCUT2D eigenvalue weighted by Gasteiger charge is -2.16. The summed E-state index contributed by atoms with van der Waals surface area (Å²) in [4.78, 5) is 11.8. The van der Waals surface area contributed by atoms with E-state index in [-0.39, 0.29) is 12.6 Å². The molecule has 1 atom stereocenters. The first-order valence-corrected chi connectivity index (χ1v) is 7.08. The minimum Gasteiger partial charge on any atom is -0.445 e. The molecule has 2 aromatic carbocycles. The van der Waals surface area contributed by atoms with E-state index in [1.54, 1.807) is 0 Å². The summed E-state index contributed by atoms with van der Waals surface area (Å²) in [5.74, 6) is 0. The fourth-order valence-electron chi connectivity index (χ4n) is 2.04. The molecule has 0 saturated heterocycles. The van der Waals surface area contributed by atoms with E-state index in [4.69, 9.17) is 4.74 Å². The van der Waals surface area contributed by atoms with Crippen molar-refractivity contribution in [2.75, 3.05) is 0 Å². The second kappa shape index (κ2) is 8.10. The van der Waals surface area contributed by atoms with Crippen LogP contribution in [0.15, 0.2) is 60.7 Å². The molecule has 2 rings (SSSR count). The van der Waals surface area contributed by atoms with Crippen molar-refractivity contribution in [1.82, 2.24) is 5.32 Å². The average Bonchev–Trinajstić information content (AvgIpc) is 2.54. The highest BCUT2D eigenvalue weighted by Gasteiger charge is 2.12. The monoisotopic (exact) mass is 282 g/mol. The van der Waals surface area contributed by atoms with Crippen molar-refractivity contribution in [1.29, 1.82) is 0 Å². The van der Waals surface area contributed by atoms with Gasteiger partial charge in [-0.15, -0.1) is 0 Å². The van der Waals surface area contributed by atoms with E-state index in [2.05, 4.69) is 5.32 Å². The van der Waals surface area contributed by atoms with Gasteiger partial charge >= 0.3 is 6.09 Å². The number of carbonyl (C=O) groups excluding carboxylic acids is 1. The van der Waals surface area contributed by atoms with E-state index in [0.29, 0.717) is 0 Å². The lowest BCUT2D eigenvalue weighted by atomic mass is 10.0. The molecule has 109 valence electrons.